The third-order valence-electron chi connectivity index (χ3n) is 3.78. The van der Waals surface area contributed by atoms with Crippen molar-refractivity contribution in [3.63, 3.8) is 0 Å². The molecule has 1 fully saturated rings. The highest BCUT2D eigenvalue weighted by Gasteiger charge is 2.49. The average Bonchev–Trinajstić information content (AvgIpc) is 3.12. The van der Waals surface area contributed by atoms with E-state index in [2.05, 4.69) is 10.6 Å². The van der Waals surface area contributed by atoms with E-state index >= 15 is 0 Å². The fourth-order valence-corrected chi connectivity index (χ4v) is 3.26. The Hall–Kier alpha value is -2.74. The van der Waals surface area contributed by atoms with E-state index in [1.54, 1.807) is 23.8 Å². The number of hydrogen-bond donors (Lipinski definition) is 2. The summed E-state index contributed by atoms with van der Waals surface area (Å²) in [5, 5.41) is 8.65. The van der Waals surface area contributed by atoms with Crippen LogP contribution in [0.2, 0.25) is 0 Å². The van der Waals surface area contributed by atoms with Gasteiger partial charge in [-0.2, -0.15) is 11.3 Å². The summed E-state index contributed by atoms with van der Waals surface area (Å²) in [4.78, 5) is 37.6. The predicted molar refractivity (Wildman–Crippen MR) is 86.9 cm³/mol. The summed E-state index contributed by atoms with van der Waals surface area (Å²) in [5.41, 5.74) is -0.262. The molecule has 0 radical (unpaired) electrons. The Kier molecular flexibility index (Phi) is 4.06. The van der Waals surface area contributed by atoms with Crippen molar-refractivity contribution >= 4 is 34.9 Å². The van der Waals surface area contributed by atoms with Gasteiger partial charge in [-0.05, 0) is 47.5 Å². The zero-order valence-corrected chi connectivity index (χ0v) is 13.5. The highest BCUT2D eigenvalue weighted by Crippen LogP contribution is 2.30. The van der Waals surface area contributed by atoms with Gasteiger partial charge in [0.15, 0.2) is 0 Å². The molecule has 8 heteroatoms. The number of thiophene rings is 1. The van der Waals surface area contributed by atoms with Crippen molar-refractivity contribution in [3.05, 3.63) is 52.5 Å². The summed E-state index contributed by atoms with van der Waals surface area (Å²) in [6, 6.07) is 6.48. The number of anilines is 1. The van der Waals surface area contributed by atoms with Crippen LogP contribution in [0.15, 0.2) is 41.1 Å². The number of halogens is 1. The third-order valence-corrected chi connectivity index (χ3v) is 4.47. The molecule has 0 aliphatic carbocycles. The van der Waals surface area contributed by atoms with E-state index in [1.165, 1.54) is 29.5 Å². The fourth-order valence-electron chi connectivity index (χ4n) is 2.50. The van der Waals surface area contributed by atoms with E-state index in [9.17, 15) is 18.8 Å². The second kappa shape index (κ2) is 6.04. The second-order valence-corrected chi connectivity index (χ2v) is 6.30. The fraction of sp³-hybridized carbons (Fsp3) is 0.188. The van der Waals surface area contributed by atoms with Crippen LogP contribution in [0.4, 0.5) is 14.9 Å². The predicted octanol–water partition coefficient (Wildman–Crippen LogP) is 2.29. The van der Waals surface area contributed by atoms with Crippen molar-refractivity contribution in [1.82, 2.24) is 10.2 Å². The molecule has 124 valence electrons. The van der Waals surface area contributed by atoms with Crippen LogP contribution in [-0.2, 0) is 15.1 Å². The molecule has 0 unspecified atom stereocenters. The minimum Gasteiger partial charge on any atom is -0.324 e. The van der Waals surface area contributed by atoms with E-state index in [4.69, 9.17) is 0 Å². The van der Waals surface area contributed by atoms with Gasteiger partial charge in [-0.3, -0.25) is 14.5 Å². The van der Waals surface area contributed by atoms with Crippen molar-refractivity contribution in [2.24, 2.45) is 0 Å². The summed E-state index contributed by atoms with van der Waals surface area (Å²) in [7, 11) is 0. The SMILES string of the molecule is C[C@@]1(c2ccsc2)NC(=O)N(CC(=O)Nc2cccc(F)c2)C1=O. The number of imide groups is 1. The molecule has 1 aromatic carbocycles. The number of carbonyl (C=O) groups is 3. The largest absolute Gasteiger partial charge is 0.325 e. The van der Waals surface area contributed by atoms with Crippen molar-refractivity contribution in [2.75, 3.05) is 11.9 Å². The maximum Gasteiger partial charge on any atom is 0.325 e. The van der Waals surface area contributed by atoms with Gasteiger partial charge in [-0.25, -0.2) is 9.18 Å². The van der Waals surface area contributed by atoms with Crippen LogP contribution in [-0.4, -0.2) is 29.3 Å². The lowest BCUT2D eigenvalue weighted by Crippen LogP contribution is -2.41. The maximum atomic E-state index is 13.1. The van der Waals surface area contributed by atoms with Gasteiger partial charge >= 0.3 is 6.03 Å². The monoisotopic (exact) mass is 347 g/mol. The molecule has 4 amide bonds. The van der Waals surface area contributed by atoms with Gasteiger partial charge < -0.3 is 10.6 Å². The number of urea groups is 1. The number of nitrogens with one attached hydrogen (secondary N) is 2. The third kappa shape index (κ3) is 2.88. The van der Waals surface area contributed by atoms with Crippen molar-refractivity contribution in [3.8, 4) is 0 Å². The smallest absolute Gasteiger partial charge is 0.324 e. The normalized spacial score (nSPS) is 20.2. The quantitative estimate of drug-likeness (QED) is 0.833. The summed E-state index contributed by atoms with van der Waals surface area (Å²) >= 11 is 1.41. The van der Waals surface area contributed by atoms with Crippen LogP contribution in [0.5, 0.6) is 0 Å². The second-order valence-electron chi connectivity index (χ2n) is 5.52. The Morgan fingerprint density at radius 2 is 2.17 bits per heavy atom. The number of rotatable bonds is 4. The lowest BCUT2D eigenvalue weighted by Gasteiger charge is -2.20. The minimum absolute atomic E-state index is 0.257. The van der Waals surface area contributed by atoms with Crippen molar-refractivity contribution < 1.29 is 18.8 Å². The minimum atomic E-state index is -1.18. The molecule has 2 heterocycles. The van der Waals surface area contributed by atoms with Crippen LogP contribution >= 0.6 is 11.3 Å². The van der Waals surface area contributed by atoms with E-state index in [1.807, 2.05) is 0 Å². The molecular formula is C16H14FN3O3S. The maximum absolute atomic E-state index is 13.1. The molecule has 0 saturated carbocycles. The zero-order valence-electron chi connectivity index (χ0n) is 12.7. The van der Waals surface area contributed by atoms with Crippen LogP contribution in [0.1, 0.15) is 12.5 Å². The van der Waals surface area contributed by atoms with Crippen LogP contribution < -0.4 is 10.6 Å². The van der Waals surface area contributed by atoms with Gasteiger partial charge in [0.25, 0.3) is 5.91 Å². The summed E-state index contributed by atoms with van der Waals surface area (Å²) in [6.07, 6.45) is 0. The Bertz CT molecular complexity index is 809. The first-order chi connectivity index (χ1) is 11.4. The molecule has 2 aromatic rings. The molecule has 0 spiro atoms. The molecule has 1 aromatic heterocycles. The molecule has 1 saturated heterocycles. The molecule has 6 nitrogen and oxygen atoms in total. The van der Waals surface area contributed by atoms with Gasteiger partial charge in [-0.15, -0.1) is 0 Å². The van der Waals surface area contributed by atoms with Gasteiger partial charge in [0, 0.05) is 5.69 Å². The molecule has 1 aliphatic heterocycles. The molecule has 24 heavy (non-hydrogen) atoms. The van der Waals surface area contributed by atoms with Crippen molar-refractivity contribution in [1.29, 1.82) is 0 Å². The first-order valence-corrected chi connectivity index (χ1v) is 8.06. The van der Waals surface area contributed by atoms with Gasteiger partial charge in [0.1, 0.15) is 17.9 Å². The lowest BCUT2D eigenvalue weighted by atomic mass is 9.95. The highest BCUT2D eigenvalue weighted by atomic mass is 32.1. The summed E-state index contributed by atoms with van der Waals surface area (Å²) in [5.74, 6) is -1.58. The number of carbonyl (C=O) groups excluding carboxylic acids is 3. The Balaban J connectivity index is 1.72. The van der Waals surface area contributed by atoms with Crippen LogP contribution in [0.25, 0.3) is 0 Å². The first-order valence-electron chi connectivity index (χ1n) is 7.12. The van der Waals surface area contributed by atoms with E-state index < -0.39 is 35.7 Å². The molecule has 1 atom stereocenters. The van der Waals surface area contributed by atoms with Crippen LogP contribution in [0.3, 0.4) is 0 Å². The van der Waals surface area contributed by atoms with E-state index in [0.29, 0.717) is 5.56 Å². The Morgan fingerprint density at radius 3 is 2.83 bits per heavy atom. The molecule has 3 rings (SSSR count). The topological polar surface area (TPSA) is 78.5 Å². The first kappa shape index (κ1) is 16.1. The summed E-state index contributed by atoms with van der Waals surface area (Å²) in [6.45, 7) is 1.15. The Morgan fingerprint density at radius 1 is 1.38 bits per heavy atom. The number of benzene rings is 1. The Labute approximate surface area is 141 Å². The number of hydrogen-bond acceptors (Lipinski definition) is 4. The van der Waals surface area contributed by atoms with Crippen molar-refractivity contribution in [2.45, 2.75) is 12.5 Å². The van der Waals surface area contributed by atoms with Gasteiger partial charge in [-0.1, -0.05) is 6.07 Å². The summed E-state index contributed by atoms with van der Waals surface area (Å²) < 4.78 is 13.1. The number of amides is 4. The highest BCUT2D eigenvalue weighted by molar-refractivity contribution is 7.08. The number of nitrogens with zero attached hydrogens (tertiary/aromatic N) is 1. The van der Waals surface area contributed by atoms with Gasteiger partial charge in [0.05, 0.1) is 0 Å². The average molecular weight is 347 g/mol. The molecule has 1 aliphatic rings. The zero-order chi connectivity index (χ0) is 17.3. The van der Waals surface area contributed by atoms with Crippen LogP contribution in [0, 0.1) is 5.82 Å². The van der Waals surface area contributed by atoms with E-state index in [-0.39, 0.29) is 5.69 Å². The van der Waals surface area contributed by atoms with E-state index in [0.717, 1.165) is 11.0 Å². The molecular weight excluding hydrogens is 333 g/mol. The standard InChI is InChI=1S/C16H14FN3O3S/c1-16(10-5-6-24-9-10)14(22)20(15(23)19-16)8-13(21)18-12-4-2-3-11(17)7-12/h2-7,9H,8H2,1H3,(H,18,21)(H,19,23)/t16-/m0/s1. The lowest BCUT2D eigenvalue weighted by molar-refractivity contribution is -0.133. The van der Waals surface area contributed by atoms with Gasteiger partial charge in [0.2, 0.25) is 5.91 Å². The molecule has 0 bridgehead atoms. The molecule has 2 N–H and O–H groups in total.